The Balaban J connectivity index is 2.54. The summed E-state index contributed by atoms with van der Waals surface area (Å²) in [5.74, 6) is 1.14. The van der Waals surface area contributed by atoms with Crippen molar-refractivity contribution in [2.75, 3.05) is 12.4 Å². The SMILES string of the molecule is CCS(=O)(=O)c1cccc2c1OCC(C)C2. The molecule has 1 unspecified atom stereocenters. The van der Waals surface area contributed by atoms with Gasteiger partial charge < -0.3 is 4.74 Å². The van der Waals surface area contributed by atoms with Crippen molar-refractivity contribution in [3.05, 3.63) is 23.8 Å². The number of sulfone groups is 1. The number of ether oxygens (including phenoxy) is 1. The van der Waals surface area contributed by atoms with Gasteiger partial charge in [-0.2, -0.15) is 0 Å². The number of para-hydroxylation sites is 1. The zero-order valence-corrected chi connectivity index (χ0v) is 10.4. The van der Waals surface area contributed by atoms with Crippen LogP contribution >= 0.6 is 0 Å². The van der Waals surface area contributed by atoms with E-state index in [0.717, 1.165) is 12.0 Å². The van der Waals surface area contributed by atoms with E-state index >= 15 is 0 Å². The Kier molecular flexibility index (Phi) is 2.93. The highest BCUT2D eigenvalue weighted by Crippen LogP contribution is 2.34. The molecule has 0 fully saturated rings. The molecule has 0 N–H and O–H groups in total. The normalized spacial score (nSPS) is 20.0. The second-order valence-corrected chi connectivity index (χ2v) is 6.51. The van der Waals surface area contributed by atoms with Gasteiger partial charge in [-0.3, -0.25) is 0 Å². The lowest BCUT2D eigenvalue weighted by molar-refractivity contribution is 0.227. The van der Waals surface area contributed by atoms with Crippen LogP contribution in [0.5, 0.6) is 5.75 Å². The zero-order chi connectivity index (χ0) is 11.8. The van der Waals surface area contributed by atoms with Crippen LogP contribution in [0.25, 0.3) is 0 Å². The summed E-state index contributed by atoms with van der Waals surface area (Å²) < 4.78 is 29.3. The van der Waals surface area contributed by atoms with Crippen LogP contribution in [0, 0.1) is 5.92 Å². The van der Waals surface area contributed by atoms with E-state index in [4.69, 9.17) is 4.74 Å². The lowest BCUT2D eigenvalue weighted by atomic mass is 9.99. The van der Waals surface area contributed by atoms with Crippen molar-refractivity contribution in [1.82, 2.24) is 0 Å². The van der Waals surface area contributed by atoms with Crippen molar-refractivity contribution < 1.29 is 13.2 Å². The largest absolute Gasteiger partial charge is 0.492 e. The monoisotopic (exact) mass is 240 g/mol. The fraction of sp³-hybridized carbons (Fsp3) is 0.500. The molecule has 0 radical (unpaired) electrons. The van der Waals surface area contributed by atoms with Gasteiger partial charge in [-0.05, 0) is 24.0 Å². The van der Waals surface area contributed by atoms with Crippen molar-refractivity contribution in [3.8, 4) is 5.75 Å². The van der Waals surface area contributed by atoms with E-state index in [1.165, 1.54) is 0 Å². The molecule has 1 aromatic carbocycles. The lowest BCUT2D eigenvalue weighted by Gasteiger charge is -2.24. The van der Waals surface area contributed by atoms with Crippen LogP contribution in [0.3, 0.4) is 0 Å². The first-order valence-corrected chi connectivity index (χ1v) is 7.17. The Morgan fingerprint density at radius 1 is 1.44 bits per heavy atom. The Labute approximate surface area is 96.4 Å². The minimum atomic E-state index is -3.18. The minimum absolute atomic E-state index is 0.113. The summed E-state index contributed by atoms with van der Waals surface area (Å²) in [5, 5.41) is 0. The molecule has 16 heavy (non-hydrogen) atoms. The van der Waals surface area contributed by atoms with Gasteiger partial charge in [0.15, 0.2) is 9.84 Å². The van der Waals surface area contributed by atoms with Gasteiger partial charge in [0.1, 0.15) is 10.6 Å². The van der Waals surface area contributed by atoms with Gasteiger partial charge >= 0.3 is 0 Å². The van der Waals surface area contributed by atoms with Crippen molar-refractivity contribution in [3.63, 3.8) is 0 Å². The van der Waals surface area contributed by atoms with Crippen LogP contribution < -0.4 is 4.74 Å². The van der Waals surface area contributed by atoms with E-state index in [2.05, 4.69) is 6.92 Å². The molecule has 0 aliphatic carbocycles. The fourth-order valence-electron chi connectivity index (χ4n) is 1.95. The first-order chi connectivity index (χ1) is 7.54. The summed E-state index contributed by atoms with van der Waals surface area (Å²) in [7, 11) is -3.18. The lowest BCUT2D eigenvalue weighted by Crippen LogP contribution is -2.20. The van der Waals surface area contributed by atoms with Gasteiger partial charge in [-0.25, -0.2) is 8.42 Å². The van der Waals surface area contributed by atoms with E-state index in [1.54, 1.807) is 19.1 Å². The van der Waals surface area contributed by atoms with Gasteiger partial charge in [-0.1, -0.05) is 26.0 Å². The van der Waals surface area contributed by atoms with E-state index < -0.39 is 9.84 Å². The first-order valence-electron chi connectivity index (χ1n) is 5.52. The maximum absolute atomic E-state index is 11.9. The van der Waals surface area contributed by atoms with Crippen LogP contribution in [0.15, 0.2) is 23.1 Å². The van der Waals surface area contributed by atoms with Gasteiger partial charge in [0, 0.05) is 0 Å². The highest BCUT2D eigenvalue weighted by Gasteiger charge is 2.24. The summed E-state index contributed by atoms with van der Waals surface area (Å²) in [6.45, 7) is 4.35. The molecule has 1 aliphatic heterocycles. The number of rotatable bonds is 2. The Hall–Kier alpha value is -1.03. The third-order valence-electron chi connectivity index (χ3n) is 2.86. The molecule has 1 aromatic rings. The molecule has 4 heteroatoms. The molecule has 0 aromatic heterocycles. The molecule has 2 rings (SSSR count). The van der Waals surface area contributed by atoms with Gasteiger partial charge in [-0.15, -0.1) is 0 Å². The van der Waals surface area contributed by atoms with Crippen molar-refractivity contribution >= 4 is 9.84 Å². The summed E-state index contributed by atoms with van der Waals surface area (Å²) in [5.41, 5.74) is 1.01. The van der Waals surface area contributed by atoms with E-state index in [9.17, 15) is 8.42 Å². The number of hydrogen-bond donors (Lipinski definition) is 0. The highest BCUT2D eigenvalue weighted by atomic mass is 32.2. The fourth-order valence-corrected chi connectivity index (χ4v) is 3.02. The number of hydrogen-bond acceptors (Lipinski definition) is 3. The van der Waals surface area contributed by atoms with Gasteiger partial charge in [0.05, 0.1) is 12.4 Å². The van der Waals surface area contributed by atoms with Crippen LogP contribution in [-0.2, 0) is 16.3 Å². The predicted octanol–water partition coefficient (Wildman–Crippen LogP) is 2.05. The predicted molar refractivity (Wildman–Crippen MR) is 62.5 cm³/mol. The molecular formula is C12H16O3S. The highest BCUT2D eigenvalue weighted by molar-refractivity contribution is 7.91. The molecule has 88 valence electrons. The summed E-state index contributed by atoms with van der Waals surface area (Å²) in [6, 6.07) is 5.37. The average molecular weight is 240 g/mol. The van der Waals surface area contributed by atoms with E-state index in [1.807, 2.05) is 6.07 Å². The quantitative estimate of drug-likeness (QED) is 0.794. The molecular weight excluding hydrogens is 224 g/mol. The smallest absolute Gasteiger partial charge is 0.181 e. The third-order valence-corrected chi connectivity index (χ3v) is 4.61. The average Bonchev–Trinajstić information content (AvgIpc) is 2.27. The van der Waals surface area contributed by atoms with E-state index in [0.29, 0.717) is 23.2 Å². The maximum atomic E-state index is 11.9. The Morgan fingerprint density at radius 2 is 2.19 bits per heavy atom. The molecule has 1 heterocycles. The van der Waals surface area contributed by atoms with Crippen LogP contribution in [0.1, 0.15) is 19.4 Å². The zero-order valence-electron chi connectivity index (χ0n) is 9.56. The topological polar surface area (TPSA) is 43.4 Å². The van der Waals surface area contributed by atoms with Crippen molar-refractivity contribution in [2.45, 2.75) is 25.2 Å². The number of benzene rings is 1. The van der Waals surface area contributed by atoms with Crippen molar-refractivity contribution in [2.24, 2.45) is 5.92 Å². The molecule has 0 bridgehead atoms. The molecule has 0 amide bonds. The maximum Gasteiger partial charge on any atom is 0.181 e. The van der Waals surface area contributed by atoms with E-state index in [-0.39, 0.29) is 5.75 Å². The van der Waals surface area contributed by atoms with Crippen molar-refractivity contribution in [1.29, 1.82) is 0 Å². The van der Waals surface area contributed by atoms with Crippen LogP contribution in [0.2, 0.25) is 0 Å². The van der Waals surface area contributed by atoms with Gasteiger partial charge in [0.25, 0.3) is 0 Å². The standard InChI is InChI=1S/C12H16O3S/c1-3-16(13,14)11-6-4-5-10-7-9(2)8-15-12(10)11/h4-6,9H,3,7-8H2,1-2H3. The minimum Gasteiger partial charge on any atom is -0.492 e. The first kappa shape index (κ1) is 11.5. The molecule has 1 atom stereocenters. The second kappa shape index (κ2) is 4.09. The Morgan fingerprint density at radius 3 is 2.88 bits per heavy atom. The summed E-state index contributed by atoms with van der Waals surface area (Å²) >= 11 is 0. The second-order valence-electron chi connectivity index (χ2n) is 4.27. The molecule has 3 nitrogen and oxygen atoms in total. The molecule has 0 saturated heterocycles. The third kappa shape index (κ3) is 1.94. The van der Waals surface area contributed by atoms with Gasteiger partial charge in [0.2, 0.25) is 0 Å². The Bertz CT molecular complexity index is 491. The molecule has 0 saturated carbocycles. The molecule has 0 spiro atoms. The molecule has 1 aliphatic rings. The number of fused-ring (bicyclic) bond motifs is 1. The summed E-state index contributed by atoms with van der Waals surface area (Å²) in [4.78, 5) is 0.347. The van der Waals surface area contributed by atoms with Crippen LogP contribution in [-0.4, -0.2) is 20.8 Å². The summed E-state index contributed by atoms with van der Waals surface area (Å²) in [6.07, 6.45) is 0.891. The van der Waals surface area contributed by atoms with Crippen LogP contribution in [0.4, 0.5) is 0 Å².